The zero-order valence-electron chi connectivity index (χ0n) is 14.9. The highest BCUT2D eigenvalue weighted by Gasteiger charge is 2.17. The lowest BCUT2D eigenvalue weighted by molar-refractivity contribution is -0.136. The molecule has 0 aliphatic carbocycles. The minimum atomic E-state index is -0.733. The molecule has 0 radical (unpaired) electrons. The van der Waals surface area contributed by atoms with E-state index < -0.39 is 11.8 Å². The molecule has 3 aromatic rings. The average molecular weight is 382 g/mol. The van der Waals surface area contributed by atoms with E-state index in [0.29, 0.717) is 10.6 Å². The molecule has 6 nitrogen and oxygen atoms in total. The number of carbonyl (C=O) groups excluding carboxylic acids is 3. The topological polar surface area (TPSA) is 88.4 Å². The summed E-state index contributed by atoms with van der Waals surface area (Å²) in [5.74, 6) is -1.41. The fraction of sp³-hybridized carbons (Fsp3) is 0.150. The van der Waals surface area contributed by atoms with Crippen molar-refractivity contribution in [1.82, 2.24) is 5.32 Å². The van der Waals surface area contributed by atoms with Crippen LogP contribution in [0.5, 0.6) is 0 Å². The number of furan rings is 1. The third kappa shape index (κ3) is 4.32. The molecule has 27 heavy (non-hydrogen) atoms. The summed E-state index contributed by atoms with van der Waals surface area (Å²) in [6.45, 7) is 3.98. The fourth-order valence-corrected chi connectivity index (χ4v) is 3.33. The molecule has 138 valence electrons. The van der Waals surface area contributed by atoms with E-state index in [1.54, 1.807) is 30.3 Å². The molecule has 0 unspecified atom stereocenters. The largest absolute Gasteiger partial charge is 0.461 e. The molecule has 0 saturated heterocycles. The minimum absolute atomic E-state index is 0.162. The van der Waals surface area contributed by atoms with E-state index in [1.165, 1.54) is 17.6 Å². The van der Waals surface area contributed by atoms with Crippen LogP contribution in [0.15, 0.2) is 53.1 Å². The number of hydrogen-bond donors (Lipinski definition) is 2. The van der Waals surface area contributed by atoms with Crippen LogP contribution in [-0.2, 0) is 16.1 Å². The molecule has 0 saturated carbocycles. The first-order valence-electron chi connectivity index (χ1n) is 8.28. The number of hydrogen-bond acceptors (Lipinski definition) is 5. The summed E-state index contributed by atoms with van der Waals surface area (Å²) in [5, 5.41) is 5.18. The monoisotopic (exact) mass is 382 g/mol. The first-order chi connectivity index (χ1) is 13.0. The van der Waals surface area contributed by atoms with Gasteiger partial charge in [-0.3, -0.25) is 14.4 Å². The summed E-state index contributed by atoms with van der Waals surface area (Å²) in [4.78, 5) is 37.6. The number of anilines is 1. The summed E-state index contributed by atoms with van der Waals surface area (Å²) in [5.41, 5.74) is 2.55. The lowest BCUT2D eigenvalue weighted by Gasteiger charge is -2.10. The van der Waals surface area contributed by atoms with Crippen LogP contribution in [0.1, 0.15) is 31.4 Å². The van der Waals surface area contributed by atoms with E-state index in [1.807, 2.05) is 26.0 Å². The lowest BCUT2D eigenvalue weighted by Crippen LogP contribution is -2.35. The number of amides is 2. The van der Waals surface area contributed by atoms with Crippen LogP contribution in [-0.4, -0.2) is 17.6 Å². The molecule has 7 heteroatoms. The van der Waals surface area contributed by atoms with Gasteiger partial charge in [0.15, 0.2) is 5.76 Å². The van der Waals surface area contributed by atoms with Crippen molar-refractivity contribution in [3.05, 3.63) is 75.4 Å². The van der Waals surface area contributed by atoms with Gasteiger partial charge in [0.25, 0.3) is 0 Å². The van der Waals surface area contributed by atoms with Crippen molar-refractivity contribution in [2.75, 3.05) is 5.32 Å². The van der Waals surface area contributed by atoms with Crippen LogP contribution < -0.4 is 10.6 Å². The highest BCUT2D eigenvalue weighted by Crippen LogP contribution is 2.20. The van der Waals surface area contributed by atoms with Crippen molar-refractivity contribution in [1.29, 1.82) is 0 Å². The van der Waals surface area contributed by atoms with Crippen molar-refractivity contribution >= 4 is 34.6 Å². The van der Waals surface area contributed by atoms with Gasteiger partial charge in [0, 0.05) is 10.6 Å². The molecule has 1 aromatic carbocycles. The number of rotatable bonds is 5. The number of aryl methyl sites for hydroxylation is 1. The van der Waals surface area contributed by atoms with E-state index in [-0.39, 0.29) is 18.1 Å². The molecule has 0 fully saturated rings. The predicted molar refractivity (Wildman–Crippen MR) is 103 cm³/mol. The van der Waals surface area contributed by atoms with Crippen LogP contribution >= 0.6 is 11.3 Å². The van der Waals surface area contributed by atoms with Crippen molar-refractivity contribution in [3.8, 4) is 0 Å². The molecule has 2 aromatic heterocycles. The number of thiophene rings is 1. The summed E-state index contributed by atoms with van der Waals surface area (Å²) >= 11 is 1.25. The Morgan fingerprint density at radius 3 is 2.56 bits per heavy atom. The third-order valence-corrected chi connectivity index (χ3v) is 5.20. The van der Waals surface area contributed by atoms with E-state index in [0.717, 1.165) is 16.0 Å². The Labute approximate surface area is 160 Å². The maximum atomic E-state index is 12.2. The Bertz CT molecular complexity index is 989. The zero-order chi connectivity index (χ0) is 19.4. The quantitative estimate of drug-likeness (QED) is 0.523. The van der Waals surface area contributed by atoms with Crippen molar-refractivity contribution in [3.63, 3.8) is 0 Å². The van der Waals surface area contributed by atoms with E-state index >= 15 is 0 Å². The van der Waals surface area contributed by atoms with E-state index in [2.05, 4.69) is 10.6 Å². The third-order valence-electron chi connectivity index (χ3n) is 4.11. The summed E-state index contributed by atoms with van der Waals surface area (Å²) in [6, 6.07) is 12.2. The SMILES string of the molecule is Cc1cccc(NC(=O)C(=O)NCc2ccc(C(=O)c3ccco3)s2)c1C. The Kier molecular flexibility index (Phi) is 5.52. The van der Waals surface area contributed by atoms with Crippen LogP contribution in [0.4, 0.5) is 5.69 Å². The number of ketones is 1. The maximum Gasteiger partial charge on any atom is 0.313 e. The van der Waals surface area contributed by atoms with Crippen molar-refractivity contribution in [2.24, 2.45) is 0 Å². The lowest BCUT2D eigenvalue weighted by atomic mass is 10.1. The Morgan fingerprint density at radius 1 is 1.00 bits per heavy atom. The molecular formula is C20H18N2O4S. The van der Waals surface area contributed by atoms with Gasteiger partial charge >= 0.3 is 11.8 Å². The maximum absolute atomic E-state index is 12.2. The molecule has 0 atom stereocenters. The minimum Gasteiger partial charge on any atom is -0.461 e. The van der Waals surface area contributed by atoms with Gasteiger partial charge in [-0.2, -0.15) is 0 Å². The van der Waals surface area contributed by atoms with Crippen LogP contribution in [0.3, 0.4) is 0 Å². The van der Waals surface area contributed by atoms with Gasteiger partial charge in [-0.25, -0.2) is 0 Å². The number of carbonyl (C=O) groups is 3. The van der Waals surface area contributed by atoms with Crippen LogP contribution in [0.2, 0.25) is 0 Å². The number of nitrogens with one attached hydrogen (secondary N) is 2. The first kappa shape index (κ1) is 18.6. The van der Waals surface area contributed by atoms with Gasteiger partial charge in [0.2, 0.25) is 5.78 Å². The summed E-state index contributed by atoms with van der Waals surface area (Å²) in [6.07, 6.45) is 1.44. The predicted octanol–water partition coefficient (Wildman–Crippen LogP) is 3.44. The Morgan fingerprint density at radius 2 is 1.81 bits per heavy atom. The van der Waals surface area contributed by atoms with E-state index in [9.17, 15) is 14.4 Å². The van der Waals surface area contributed by atoms with Crippen LogP contribution in [0.25, 0.3) is 0 Å². The van der Waals surface area contributed by atoms with Gasteiger partial charge in [0.05, 0.1) is 17.7 Å². The van der Waals surface area contributed by atoms with Crippen molar-refractivity contribution < 1.29 is 18.8 Å². The molecule has 0 aliphatic rings. The smallest absolute Gasteiger partial charge is 0.313 e. The molecular weight excluding hydrogens is 364 g/mol. The van der Waals surface area contributed by atoms with Crippen molar-refractivity contribution in [2.45, 2.75) is 20.4 Å². The second-order valence-corrected chi connectivity index (χ2v) is 7.12. The van der Waals surface area contributed by atoms with E-state index in [4.69, 9.17) is 4.42 Å². The van der Waals surface area contributed by atoms with Crippen LogP contribution in [0, 0.1) is 13.8 Å². The molecule has 2 N–H and O–H groups in total. The van der Waals surface area contributed by atoms with Gasteiger partial charge in [-0.15, -0.1) is 11.3 Å². The molecule has 2 amide bonds. The molecule has 3 rings (SSSR count). The molecule has 0 bridgehead atoms. The molecule has 2 heterocycles. The fourth-order valence-electron chi connectivity index (χ4n) is 2.44. The summed E-state index contributed by atoms with van der Waals surface area (Å²) in [7, 11) is 0. The summed E-state index contributed by atoms with van der Waals surface area (Å²) < 4.78 is 5.10. The normalized spacial score (nSPS) is 10.4. The Hall–Kier alpha value is -3.19. The number of benzene rings is 1. The zero-order valence-corrected chi connectivity index (χ0v) is 15.7. The van der Waals surface area contributed by atoms with Gasteiger partial charge in [-0.1, -0.05) is 12.1 Å². The van der Waals surface area contributed by atoms with Gasteiger partial charge < -0.3 is 15.1 Å². The Balaban J connectivity index is 1.57. The second kappa shape index (κ2) is 8.01. The highest BCUT2D eigenvalue weighted by molar-refractivity contribution is 7.14. The highest BCUT2D eigenvalue weighted by atomic mass is 32.1. The molecule has 0 spiro atoms. The first-order valence-corrected chi connectivity index (χ1v) is 9.09. The van der Waals surface area contributed by atoms with Gasteiger partial charge in [-0.05, 0) is 55.3 Å². The standard InChI is InChI=1S/C20H18N2O4S/c1-12-5-3-6-15(13(12)2)22-20(25)19(24)21-11-14-8-9-17(27-14)18(23)16-7-4-10-26-16/h3-10H,11H2,1-2H3,(H,21,24)(H,22,25). The van der Waals surface area contributed by atoms with Gasteiger partial charge in [0.1, 0.15) is 0 Å². The molecule has 0 aliphatic heterocycles. The second-order valence-electron chi connectivity index (χ2n) is 5.96. The average Bonchev–Trinajstić information content (AvgIpc) is 3.34.